The van der Waals surface area contributed by atoms with E-state index in [1.807, 2.05) is 0 Å². The zero-order valence-corrected chi connectivity index (χ0v) is 51.5. The third-order valence-electron chi connectivity index (χ3n) is 17.0. The van der Waals surface area contributed by atoms with E-state index in [9.17, 15) is 70.9 Å². The Hall–Kier alpha value is -1.78. The largest absolute Gasteiger partial charge is 0.394 e. The fraction of sp³-hybridized carbons (Fsp3) is 0.968. The van der Waals surface area contributed by atoms with Crippen molar-refractivity contribution in [1.82, 2.24) is 10.6 Å². The average molecular weight is 1210 g/mol. The molecule has 19 atom stereocenters. The Morgan fingerprint density at radius 1 is 0.452 bits per heavy atom. The smallest absolute Gasteiger partial charge is 0.249 e. The first-order valence-corrected chi connectivity index (χ1v) is 33.0. The number of aliphatic hydroxyl groups is 12. The molecule has 0 aromatic heterocycles. The number of hydrogen-bond donors (Lipinski definition) is 14. The molecule has 22 nitrogen and oxygen atoms in total. The molecule has 14 N–H and O–H groups in total. The van der Waals surface area contributed by atoms with Crippen LogP contribution in [0.5, 0.6) is 0 Å². The van der Waals surface area contributed by atoms with E-state index in [2.05, 4.69) is 24.5 Å². The van der Waals surface area contributed by atoms with Crippen LogP contribution in [0.3, 0.4) is 0 Å². The van der Waals surface area contributed by atoms with Gasteiger partial charge in [-0.1, -0.05) is 219 Å². The van der Waals surface area contributed by atoms with Gasteiger partial charge >= 0.3 is 0 Å². The van der Waals surface area contributed by atoms with Gasteiger partial charge in [0.1, 0.15) is 85.4 Å². The summed E-state index contributed by atoms with van der Waals surface area (Å²) in [4.78, 5) is 25.8. The van der Waals surface area contributed by atoms with Crippen LogP contribution in [0.2, 0.25) is 0 Å². The van der Waals surface area contributed by atoms with Gasteiger partial charge in [0.25, 0.3) is 0 Å². The monoisotopic (exact) mass is 1210 g/mol. The van der Waals surface area contributed by atoms with Crippen LogP contribution in [-0.4, -0.2) is 216 Å². The summed E-state index contributed by atoms with van der Waals surface area (Å²) in [5, 5.41) is 136. The summed E-state index contributed by atoms with van der Waals surface area (Å²) < 4.78 is 35.2. The van der Waals surface area contributed by atoms with Crippen LogP contribution < -0.4 is 10.6 Å². The lowest BCUT2D eigenvalue weighted by molar-refractivity contribution is -0.371. The number of nitrogens with one attached hydrogen (secondary N) is 2. The molecule has 3 fully saturated rings. The van der Waals surface area contributed by atoms with E-state index in [4.69, 9.17) is 28.4 Å². The number of carbonyl (C=O) groups is 2. The van der Waals surface area contributed by atoms with Crippen LogP contribution in [0.15, 0.2) is 0 Å². The average Bonchev–Trinajstić information content (AvgIpc) is 3.04. The fourth-order valence-corrected chi connectivity index (χ4v) is 11.5. The summed E-state index contributed by atoms with van der Waals surface area (Å²) >= 11 is 0. The third kappa shape index (κ3) is 28.8. The molecule has 19 unspecified atom stereocenters. The summed E-state index contributed by atoms with van der Waals surface area (Å²) in [6.07, 6.45) is 8.66. The Morgan fingerprint density at radius 3 is 1.29 bits per heavy atom. The van der Waals surface area contributed by atoms with Gasteiger partial charge in [-0.15, -0.1) is 0 Å². The molecular weight excluding hydrogens is 1090 g/mol. The molecule has 3 aliphatic heterocycles. The SMILES string of the molecule is CCCCCCCCCCCCCCCCCCCCCCC(O)C(=O)NC(COC1OC(COC2OC(CO)C(O)C(O)C2NC(C)=O)C(O)C(O)C1OC1OC(CO)C(O)C(O)C1O)C(O)C(O)CCCCCCCCCCCCCC. The fourth-order valence-electron chi connectivity index (χ4n) is 11.5. The van der Waals surface area contributed by atoms with E-state index in [0.29, 0.717) is 12.8 Å². The number of amides is 2. The molecule has 3 rings (SSSR count). The van der Waals surface area contributed by atoms with Crippen molar-refractivity contribution >= 4 is 11.8 Å². The first kappa shape index (κ1) is 76.5. The quantitative estimate of drug-likeness (QED) is 0.0374. The van der Waals surface area contributed by atoms with Gasteiger partial charge in [-0.25, -0.2) is 0 Å². The lowest BCUT2D eigenvalue weighted by Crippen LogP contribution is -2.66. The molecule has 3 heterocycles. The second kappa shape index (κ2) is 45.5. The molecule has 0 aliphatic carbocycles. The first-order valence-electron chi connectivity index (χ1n) is 33.0. The van der Waals surface area contributed by atoms with E-state index < -0.39 is 155 Å². The zero-order chi connectivity index (χ0) is 61.7. The zero-order valence-electron chi connectivity index (χ0n) is 51.5. The Morgan fingerprint density at radius 2 is 0.845 bits per heavy atom. The second-order valence-electron chi connectivity index (χ2n) is 24.3. The van der Waals surface area contributed by atoms with E-state index in [0.717, 1.165) is 64.7 Å². The Kier molecular flexibility index (Phi) is 41.4. The Labute approximate surface area is 502 Å². The number of hydrogen-bond acceptors (Lipinski definition) is 20. The summed E-state index contributed by atoms with van der Waals surface area (Å²) in [5.41, 5.74) is 0. The molecule has 0 saturated carbocycles. The van der Waals surface area contributed by atoms with Crippen LogP contribution in [0.4, 0.5) is 0 Å². The van der Waals surface area contributed by atoms with Gasteiger partial charge in [-0.2, -0.15) is 0 Å². The normalized spacial score (nSPS) is 29.8. The maximum absolute atomic E-state index is 13.7. The summed E-state index contributed by atoms with van der Waals surface area (Å²) in [6.45, 7) is 2.66. The van der Waals surface area contributed by atoms with Crippen LogP contribution in [0.1, 0.15) is 239 Å². The summed E-state index contributed by atoms with van der Waals surface area (Å²) in [7, 11) is 0. The second-order valence-corrected chi connectivity index (χ2v) is 24.3. The van der Waals surface area contributed by atoms with E-state index in [1.165, 1.54) is 135 Å². The first-order chi connectivity index (χ1) is 40.5. The molecule has 0 aromatic rings. The van der Waals surface area contributed by atoms with Gasteiger partial charge < -0.3 is 100 Å². The number of ether oxygens (including phenoxy) is 6. The molecule has 84 heavy (non-hydrogen) atoms. The molecule has 2 amide bonds. The molecule has 0 spiro atoms. The Bertz CT molecular complexity index is 1640. The highest BCUT2D eigenvalue weighted by atomic mass is 16.8. The van der Waals surface area contributed by atoms with Crippen molar-refractivity contribution in [3.05, 3.63) is 0 Å². The maximum Gasteiger partial charge on any atom is 0.249 e. The van der Waals surface area contributed by atoms with Crippen molar-refractivity contribution in [2.75, 3.05) is 26.4 Å². The highest BCUT2D eigenvalue weighted by molar-refractivity contribution is 5.80. The molecule has 0 aromatic carbocycles. The van der Waals surface area contributed by atoms with Crippen LogP contribution >= 0.6 is 0 Å². The predicted octanol–water partition coefficient (Wildman–Crippen LogP) is 4.47. The highest BCUT2D eigenvalue weighted by Crippen LogP contribution is 2.32. The number of carbonyl (C=O) groups excluding carboxylic acids is 2. The summed E-state index contributed by atoms with van der Waals surface area (Å²) in [6, 6.07) is -2.82. The number of aliphatic hydroxyl groups excluding tert-OH is 12. The lowest BCUT2D eigenvalue weighted by atomic mass is 9.96. The minimum atomic E-state index is -2.01. The predicted molar refractivity (Wildman–Crippen MR) is 315 cm³/mol. The van der Waals surface area contributed by atoms with Crippen molar-refractivity contribution in [1.29, 1.82) is 0 Å². The van der Waals surface area contributed by atoms with E-state index >= 15 is 0 Å². The van der Waals surface area contributed by atoms with Gasteiger partial charge in [-0.3, -0.25) is 9.59 Å². The standard InChI is InChI=1S/C62H118N2O20/c1-4-6-8-10-12-14-16-18-19-20-21-22-23-24-25-27-29-31-33-35-37-45(69)59(78)64-43(50(70)44(68)36-34-32-30-28-26-17-15-13-11-9-7-5-2)40-79-62-58(84-61-57(77)55(75)52(72)47(39-66)82-61)56(76)53(73)48(83-62)41-80-60-49(63-42(3)67)54(74)51(71)46(38-65)81-60/h43-58,60-62,65-66,68-77H,4-41H2,1-3H3,(H,63,67)(H,64,78). The lowest BCUT2D eigenvalue weighted by Gasteiger charge is -2.47. The molecule has 0 bridgehead atoms. The minimum Gasteiger partial charge on any atom is -0.394 e. The Balaban J connectivity index is 1.67. The molecule has 3 saturated heterocycles. The van der Waals surface area contributed by atoms with Crippen LogP contribution in [0.25, 0.3) is 0 Å². The van der Waals surface area contributed by atoms with Crippen molar-refractivity contribution in [3.8, 4) is 0 Å². The van der Waals surface area contributed by atoms with Crippen LogP contribution in [0, 0.1) is 0 Å². The van der Waals surface area contributed by atoms with Gasteiger partial charge in [0.05, 0.1) is 38.6 Å². The summed E-state index contributed by atoms with van der Waals surface area (Å²) in [5.74, 6) is -1.48. The topological polar surface area (TPSA) is 356 Å². The van der Waals surface area contributed by atoms with Gasteiger partial charge in [-0.05, 0) is 12.8 Å². The van der Waals surface area contributed by atoms with Gasteiger partial charge in [0.15, 0.2) is 18.9 Å². The van der Waals surface area contributed by atoms with Gasteiger partial charge in [0, 0.05) is 6.92 Å². The molecule has 3 aliphatic rings. The number of unbranched alkanes of at least 4 members (excludes halogenated alkanes) is 30. The maximum atomic E-state index is 13.7. The van der Waals surface area contributed by atoms with Gasteiger partial charge in [0.2, 0.25) is 11.8 Å². The van der Waals surface area contributed by atoms with E-state index in [1.54, 1.807) is 0 Å². The van der Waals surface area contributed by atoms with Crippen molar-refractivity contribution in [2.45, 2.75) is 355 Å². The van der Waals surface area contributed by atoms with Crippen molar-refractivity contribution in [2.24, 2.45) is 0 Å². The molecule has 0 radical (unpaired) electrons. The van der Waals surface area contributed by atoms with E-state index in [-0.39, 0.29) is 12.8 Å². The number of rotatable bonds is 49. The molecule has 496 valence electrons. The van der Waals surface area contributed by atoms with Crippen LogP contribution in [-0.2, 0) is 38.0 Å². The molecular formula is C62H118N2O20. The van der Waals surface area contributed by atoms with Crippen molar-refractivity contribution in [3.63, 3.8) is 0 Å². The molecule has 22 heteroatoms. The minimum absolute atomic E-state index is 0.130. The third-order valence-corrected chi connectivity index (χ3v) is 17.0. The highest BCUT2D eigenvalue weighted by Gasteiger charge is 2.52. The van der Waals surface area contributed by atoms with Crippen molar-refractivity contribution < 1.29 is 99.3 Å².